The third-order valence-corrected chi connectivity index (χ3v) is 4.04. The molecule has 2 rings (SSSR count). The summed E-state index contributed by atoms with van der Waals surface area (Å²) in [5.74, 6) is -0.174. The van der Waals surface area contributed by atoms with Crippen molar-refractivity contribution in [2.24, 2.45) is 5.73 Å². The molecule has 1 aliphatic heterocycles. The van der Waals surface area contributed by atoms with Crippen molar-refractivity contribution in [3.63, 3.8) is 0 Å². The van der Waals surface area contributed by atoms with Crippen molar-refractivity contribution in [2.45, 2.75) is 33.0 Å². The maximum atomic E-state index is 13.4. The number of piperazine rings is 1. The second-order valence-corrected chi connectivity index (χ2v) is 5.33. The number of nitrogens with zero attached hydrogens (tertiary/aromatic N) is 2. The SMILES string of the molecule is CCN1CCN(Cc2cc(F)ccc2CN)CC1C. The fourth-order valence-corrected chi connectivity index (χ4v) is 2.87. The van der Waals surface area contributed by atoms with E-state index in [-0.39, 0.29) is 5.82 Å². The summed E-state index contributed by atoms with van der Waals surface area (Å²) < 4.78 is 13.4. The van der Waals surface area contributed by atoms with Crippen LogP contribution in [0.2, 0.25) is 0 Å². The van der Waals surface area contributed by atoms with Gasteiger partial charge in [-0.25, -0.2) is 4.39 Å². The number of halogens is 1. The van der Waals surface area contributed by atoms with Crippen LogP contribution in [0.5, 0.6) is 0 Å². The van der Waals surface area contributed by atoms with Gasteiger partial charge in [0.1, 0.15) is 5.82 Å². The topological polar surface area (TPSA) is 32.5 Å². The van der Waals surface area contributed by atoms with E-state index in [1.807, 2.05) is 0 Å². The fraction of sp³-hybridized carbons (Fsp3) is 0.600. The molecule has 1 aromatic rings. The Kier molecular flexibility index (Phi) is 4.91. The Morgan fingerprint density at radius 2 is 2.11 bits per heavy atom. The molecule has 0 radical (unpaired) electrons. The maximum Gasteiger partial charge on any atom is 0.123 e. The summed E-state index contributed by atoms with van der Waals surface area (Å²) >= 11 is 0. The molecule has 1 unspecified atom stereocenters. The zero-order valence-corrected chi connectivity index (χ0v) is 11.9. The molecule has 0 spiro atoms. The Bertz CT molecular complexity index is 422. The monoisotopic (exact) mass is 265 g/mol. The first-order valence-corrected chi connectivity index (χ1v) is 7.07. The second-order valence-electron chi connectivity index (χ2n) is 5.33. The van der Waals surface area contributed by atoms with E-state index in [0.717, 1.165) is 43.9 Å². The van der Waals surface area contributed by atoms with Crippen LogP contribution in [-0.4, -0.2) is 42.0 Å². The van der Waals surface area contributed by atoms with Crippen LogP contribution in [0.4, 0.5) is 4.39 Å². The Hall–Kier alpha value is -0.970. The molecular weight excluding hydrogens is 241 g/mol. The average Bonchev–Trinajstić information content (AvgIpc) is 2.39. The van der Waals surface area contributed by atoms with E-state index in [9.17, 15) is 4.39 Å². The molecule has 106 valence electrons. The van der Waals surface area contributed by atoms with E-state index in [0.29, 0.717) is 12.6 Å². The van der Waals surface area contributed by atoms with E-state index in [2.05, 4.69) is 23.6 Å². The van der Waals surface area contributed by atoms with E-state index in [1.165, 1.54) is 6.07 Å². The summed E-state index contributed by atoms with van der Waals surface area (Å²) in [5, 5.41) is 0. The highest BCUT2D eigenvalue weighted by Gasteiger charge is 2.22. The maximum absolute atomic E-state index is 13.4. The first kappa shape index (κ1) is 14.4. The van der Waals surface area contributed by atoms with Gasteiger partial charge in [0.05, 0.1) is 0 Å². The van der Waals surface area contributed by atoms with Crippen molar-refractivity contribution in [2.75, 3.05) is 26.2 Å². The minimum atomic E-state index is -0.174. The van der Waals surface area contributed by atoms with Crippen LogP contribution in [0.25, 0.3) is 0 Å². The molecule has 1 aliphatic rings. The molecule has 1 saturated heterocycles. The molecule has 0 aliphatic carbocycles. The number of rotatable bonds is 4. The van der Waals surface area contributed by atoms with Crippen LogP contribution < -0.4 is 5.73 Å². The van der Waals surface area contributed by atoms with E-state index in [4.69, 9.17) is 5.73 Å². The minimum absolute atomic E-state index is 0.174. The van der Waals surface area contributed by atoms with Crippen LogP contribution in [0.1, 0.15) is 25.0 Å². The summed E-state index contributed by atoms with van der Waals surface area (Å²) in [6.07, 6.45) is 0. The smallest absolute Gasteiger partial charge is 0.123 e. The normalized spacial score (nSPS) is 21.8. The first-order chi connectivity index (χ1) is 9.13. The van der Waals surface area contributed by atoms with Crippen LogP contribution in [0, 0.1) is 5.82 Å². The van der Waals surface area contributed by atoms with Gasteiger partial charge >= 0.3 is 0 Å². The van der Waals surface area contributed by atoms with Gasteiger partial charge in [-0.15, -0.1) is 0 Å². The second kappa shape index (κ2) is 6.46. The number of hydrogen-bond donors (Lipinski definition) is 1. The molecule has 1 aromatic carbocycles. The molecular formula is C15H24FN3. The zero-order valence-electron chi connectivity index (χ0n) is 11.9. The molecule has 0 aromatic heterocycles. The summed E-state index contributed by atoms with van der Waals surface area (Å²) in [7, 11) is 0. The molecule has 19 heavy (non-hydrogen) atoms. The molecule has 1 fully saturated rings. The molecule has 1 heterocycles. The molecule has 1 atom stereocenters. The van der Waals surface area contributed by atoms with Crippen molar-refractivity contribution in [3.05, 3.63) is 35.1 Å². The first-order valence-electron chi connectivity index (χ1n) is 7.07. The largest absolute Gasteiger partial charge is 0.326 e. The number of benzene rings is 1. The molecule has 0 saturated carbocycles. The van der Waals surface area contributed by atoms with Crippen molar-refractivity contribution in [1.82, 2.24) is 9.80 Å². The van der Waals surface area contributed by atoms with Gasteiger partial charge in [0.25, 0.3) is 0 Å². The van der Waals surface area contributed by atoms with Crippen molar-refractivity contribution < 1.29 is 4.39 Å². The van der Waals surface area contributed by atoms with Crippen LogP contribution in [0.3, 0.4) is 0 Å². The Balaban J connectivity index is 2.04. The lowest BCUT2D eigenvalue weighted by Gasteiger charge is -2.39. The third-order valence-electron chi connectivity index (χ3n) is 4.04. The van der Waals surface area contributed by atoms with Gasteiger partial charge in [0.2, 0.25) is 0 Å². The lowest BCUT2D eigenvalue weighted by Crippen LogP contribution is -2.51. The van der Waals surface area contributed by atoms with Crippen LogP contribution in [-0.2, 0) is 13.1 Å². The van der Waals surface area contributed by atoms with Crippen molar-refractivity contribution >= 4 is 0 Å². The van der Waals surface area contributed by atoms with Crippen molar-refractivity contribution in [1.29, 1.82) is 0 Å². The third kappa shape index (κ3) is 3.53. The van der Waals surface area contributed by atoms with E-state index < -0.39 is 0 Å². The average molecular weight is 265 g/mol. The van der Waals surface area contributed by atoms with Gasteiger partial charge < -0.3 is 5.73 Å². The van der Waals surface area contributed by atoms with Gasteiger partial charge in [0.15, 0.2) is 0 Å². The number of nitrogens with two attached hydrogens (primary N) is 1. The predicted molar refractivity (Wildman–Crippen MR) is 76.3 cm³/mol. The van der Waals surface area contributed by atoms with Gasteiger partial charge in [-0.1, -0.05) is 13.0 Å². The van der Waals surface area contributed by atoms with E-state index >= 15 is 0 Å². The van der Waals surface area contributed by atoms with Crippen LogP contribution in [0.15, 0.2) is 18.2 Å². The van der Waals surface area contributed by atoms with Gasteiger partial charge in [-0.2, -0.15) is 0 Å². The fourth-order valence-electron chi connectivity index (χ4n) is 2.87. The highest BCUT2D eigenvalue weighted by Crippen LogP contribution is 2.17. The van der Waals surface area contributed by atoms with Crippen LogP contribution >= 0.6 is 0 Å². The number of likely N-dealkylation sites (N-methyl/N-ethyl adjacent to an activating group) is 1. The van der Waals surface area contributed by atoms with Gasteiger partial charge in [0, 0.05) is 38.8 Å². The summed E-state index contributed by atoms with van der Waals surface area (Å²) in [4.78, 5) is 4.87. The predicted octanol–water partition coefficient (Wildman–Crippen LogP) is 1.81. The number of hydrogen-bond acceptors (Lipinski definition) is 3. The van der Waals surface area contributed by atoms with Gasteiger partial charge in [-0.3, -0.25) is 9.80 Å². The van der Waals surface area contributed by atoms with E-state index in [1.54, 1.807) is 12.1 Å². The highest BCUT2D eigenvalue weighted by atomic mass is 19.1. The summed E-state index contributed by atoms with van der Waals surface area (Å²) in [6, 6.07) is 5.48. The molecule has 2 N–H and O–H groups in total. The lowest BCUT2D eigenvalue weighted by atomic mass is 10.1. The lowest BCUT2D eigenvalue weighted by molar-refractivity contribution is 0.0832. The van der Waals surface area contributed by atoms with Gasteiger partial charge in [-0.05, 0) is 36.7 Å². The van der Waals surface area contributed by atoms with Crippen molar-refractivity contribution in [3.8, 4) is 0 Å². The standard InChI is InChI=1S/C15H24FN3/c1-3-19-7-6-18(10-12(19)2)11-14-8-15(16)5-4-13(14)9-17/h4-5,8,12H,3,6-7,9-11,17H2,1-2H3. The Morgan fingerprint density at radius 3 is 2.74 bits per heavy atom. The molecule has 4 heteroatoms. The summed E-state index contributed by atoms with van der Waals surface area (Å²) in [6.45, 7) is 9.99. The molecule has 0 amide bonds. The summed E-state index contributed by atoms with van der Waals surface area (Å²) in [5.41, 5.74) is 7.80. The Morgan fingerprint density at radius 1 is 1.32 bits per heavy atom. The highest BCUT2D eigenvalue weighted by molar-refractivity contribution is 5.27. The zero-order chi connectivity index (χ0) is 13.8. The minimum Gasteiger partial charge on any atom is -0.326 e. The quantitative estimate of drug-likeness (QED) is 0.901. The Labute approximate surface area is 115 Å². The molecule has 3 nitrogen and oxygen atoms in total. The molecule has 0 bridgehead atoms.